The minimum absolute atomic E-state index is 0.197. The van der Waals surface area contributed by atoms with Crippen LogP contribution in [0.25, 0.3) is 10.1 Å². The highest BCUT2D eigenvalue weighted by Gasteiger charge is 2.24. The molecule has 1 fully saturated rings. The molecule has 1 aromatic carbocycles. The van der Waals surface area contributed by atoms with Gasteiger partial charge in [0.25, 0.3) is 0 Å². The molecule has 1 saturated heterocycles. The van der Waals surface area contributed by atoms with Crippen LogP contribution in [0.4, 0.5) is 0 Å². The topological polar surface area (TPSA) is 55.4 Å². The lowest BCUT2D eigenvalue weighted by Gasteiger charge is -2.23. The lowest BCUT2D eigenvalue weighted by atomic mass is 10.0. The van der Waals surface area contributed by atoms with Gasteiger partial charge in [0, 0.05) is 24.0 Å². The molecule has 1 atom stereocenters. The van der Waals surface area contributed by atoms with E-state index in [2.05, 4.69) is 10.8 Å². The smallest absolute Gasteiger partial charge is 0.212 e. The van der Waals surface area contributed by atoms with Gasteiger partial charge in [0.2, 0.25) is 10.0 Å². The number of rotatable bonds is 5. The number of sulfonamides is 1. The predicted molar refractivity (Wildman–Crippen MR) is 90.7 cm³/mol. The molecule has 120 valence electrons. The summed E-state index contributed by atoms with van der Waals surface area (Å²) >= 11 is 1.65. The molecule has 1 aliphatic heterocycles. The average Bonchev–Trinajstić information content (AvgIpc) is 2.91. The van der Waals surface area contributed by atoms with E-state index in [0.717, 1.165) is 23.8 Å². The number of hydrogen-bond acceptors (Lipinski definition) is 4. The Labute approximate surface area is 135 Å². The Morgan fingerprint density at radius 2 is 2.05 bits per heavy atom. The molecular formula is C16H21NO3S2. The molecule has 0 spiro atoms. The van der Waals surface area contributed by atoms with Crippen molar-refractivity contribution in [1.82, 2.24) is 4.72 Å². The highest BCUT2D eigenvalue weighted by atomic mass is 32.2. The van der Waals surface area contributed by atoms with Crippen LogP contribution < -0.4 is 4.72 Å². The van der Waals surface area contributed by atoms with Gasteiger partial charge in [0.1, 0.15) is 0 Å². The third kappa shape index (κ3) is 3.68. The summed E-state index contributed by atoms with van der Waals surface area (Å²) in [7, 11) is -3.28. The monoisotopic (exact) mass is 339 g/mol. The van der Waals surface area contributed by atoms with Crippen molar-refractivity contribution >= 4 is 31.4 Å². The van der Waals surface area contributed by atoms with Gasteiger partial charge in [0.05, 0.1) is 5.75 Å². The summed E-state index contributed by atoms with van der Waals surface area (Å²) in [6.45, 7) is 3.26. The second kappa shape index (κ2) is 6.66. The van der Waals surface area contributed by atoms with Gasteiger partial charge < -0.3 is 4.74 Å². The molecule has 0 aliphatic carbocycles. The maximum atomic E-state index is 12.4. The quantitative estimate of drug-likeness (QED) is 0.909. The standard InChI is InChI=1S/C16H21NO3S2/c1-12(15-10-21-16-5-3-2-4-14(15)16)17-22(18,19)11-13-6-8-20-9-7-13/h2-5,10,12-13,17H,6-9,11H2,1H3. The third-order valence-corrected chi connectivity index (χ3v) is 6.73. The Bertz CT molecular complexity index is 733. The Balaban J connectivity index is 1.71. The fourth-order valence-electron chi connectivity index (χ4n) is 2.94. The SMILES string of the molecule is CC(NS(=O)(=O)CC1CCOCC1)c1csc2ccccc12. The van der Waals surface area contributed by atoms with Gasteiger partial charge in [0.15, 0.2) is 0 Å². The molecule has 22 heavy (non-hydrogen) atoms. The summed E-state index contributed by atoms with van der Waals surface area (Å²) < 4.78 is 34.1. The molecule has 6 heteroatoms. The van der Waals surface area contributed by atoms with E-state index in [4.69, 9.17) is 4.74 Å². The number of fused-ring (bicyclic) bond motifs is 1. The molecular weight excluding hydrogens is 318 g/mol. The van der Waals surface area contributed by atoms with Crippen molar-refractivity contribution < 1.29 is 13.2 Å². The first-order chi connectivity index (χ1) is 10.6. The number of ether oxygens (including phenoxy) is 1. The van der Waals surface area contributed by atoms with Gasteiger partial charge in [-0.2, -0.15) is 0 Å². The largest absolute Gasteiger partial charge is 0.381 e. The van der Waals surface area contributed by atoms with E-state index in [1.165, 1.54) is 4.70 Å². The minimum Gasteiger partial charge on any atom is -0.381 e. The van der Waals surface area contributed by atoms with E-state index < -0.39 is 10.0 Å². The van der Waals surface area contributed by atoms with E-state index in [0.29, 0.717) is 13.2 Å². The molecule has 0 saturated carbocycles. The highest BCUT2D eigenvalue weighted by Crippen LogP contribution is 2.30. The Kier molecular flexibility index (Phi) is 4.82. The third-order valence-electron chi connectivity index (χ3n) is 4.13. The fourth-order valence-corrected chi connectivity index (χ4v) is 5.71. The summed E-state index contributed by atoms with van der Waals surface area (Å²) in [6, 6.07) is 7.89. The lowest BCUT2D eigenvalue weighted by molar-refractivity contribution is 0.0723. The first-order valence-electron chi connectivity index (χ1n) is 7.59. The fraction of sp³-hybridized carbons (Fsp3) is 0.500. The van der Waals surface area contributed by atoms with Gasteiger partial charge in [-0.15, -0.1) is 11.3 Å². The lowest BCUT2D eigenvalue weighted by Crippen LogP contribution is -2.33. The van der Waals surface area contributed by atoms with Gasteiger partial charge in [-0.1, -0.05) is 18.2 Å². The molecule has 4 nitrogen and oxygen atoms in total. The van der Waals surface area contributed by atoms with Crippen molar-refractivity contribution in [2.75, 3.05) is 19.0 Å². The molecule has 0 radical (unpaired) electrons. The predicted octanol–water partition coefficient (Wildman–Crippen LogP) is 3.31. The summed E-state index contributed by atoms with van der Waals surface area (Å²) in [5, 5.41) is 3.18. The van der Waals surface area contributed by atoms with Gasteiger partial charge in [-0.3, -0.25) is 0 Å². The van der Waals surface area contributed by atoms with E-state index in [9.17, 15) is 8.42 Å². The van der Waals surface area contributed by atoms with Crippen LogP contribution in [0.1, 0.15) is 31.4 Å². The van der Waals surface area contributed by atoms with Crippen LogP contribution in [0.15, 0.2) is 29.6 Å². The second-order valence-electron chi connectivity index (χ2n) is 5.86. The molecule has 2 aromatic rings. The minimum atomic E-state index is -3.28. The molecule has 1 unspecified atom stereocenters. The van der Waals surface area contributed by atoms with E-state index in [-0.39, 0.29) is 17.7 Å². The van der Waals surface area contributed by atoms with Crippen molar-refractivity contribution in [1.29, 1.82) is 0 Å². The summed E-state index contributed by atoms with van der Waals surface area (Å²) in [4.78, 5) is 0. The number of thiophene rings is 1. The first-order valence-corrected chi connectivity index (χ1v) is 10.1. The van der Waals surface area contributed by atoms with Gasteiger partial charge in [-0.25, -0.2) is 13.1 Å². The van der Waals surface area contributed by atoms with Crippen molar-refractivity contribution in [2.24, 2.45) is 5.92 Å². The Morgan fingerprint density at radius 3 is 2.82 bits per heavy atom. The van der Waals surface area contributed by atoms with Crippen molar-refractivity contribution in [3.8, 4) is 0 Å². The average molecular weight is 339 g/mol. The van der Waals surface area contributed by atoms with E-state index >= 15 is 0 Å². The van der Waals surface area contributed by atoms with Crippen LogP contribution >= 0.6 is 11.3 Å². The Hall–Kier alpha value is -0.950. The van der Waals surface area contributed by atoms with Crippen molar-refractivity contribution in [2.45, 2.75) is 25.8 Å². The summed E-state index contributed by atoms with van der Waals surface area (Å²) in [5.41, 5.74) is 1.05. The summed E-state index contributed by atoms with van der Waals surface area (Å²) in [6.07, 6.45) is 1.66. The second-order valence-corrected chi connectivity index (χ2v) is 8.57. The van der Waals surface area contributed by atoms with Crippen LogP contribution in [0, 0.1) is 5.92 Å². The molecule has 0 amide bonds. The first kappa shape index (κ1) is 15.9. The summed E-state index contributed by atoms with van der Waals surface area (Å²) in [5.74, 6) is 0.403. The van der Waals surface area contributed by atoms with Gasteiger partial charge >= 0.3 is 0 Å². The zero-order valence-electron chi connectivity index (χ0n) is 12.6. The maximum absolute atomic E-state index is 12.4. The van der Waals surface area contributed by atoms with E-state index in [1.807, 2.05) is 30.5 Å². The molecule has 2 heterocycles. The molecule has 1 aromatic heterocycles. The molecule has 0 bridgehead atoms. The molecule has 3 rings (SSSR count). The number of benzene rings is 1. The van der Waals surface area contributed by atoms with Crippen LogP contribution in [0.2, 0.25) is 0 Å². The van der Waals surface area contributed by atoms with Crippen molar-refractivity contribution in [3.05, 3.63) is 35.2 Å². The number of nitrogens with one attached hydrogen (secondary N) is 1. The Morgan fingerprint density at radius 1 is 1.32 bits per heavy atom. The molecule has 1 N–H and O–H groups in total. The zero-order chi connectivity index (χ0) is 15.6. The highest BCUT2D eigenvalue weighted by molar-refractivity contribution is 7.89. The van der Waals surface area contributed by atoms with Crippen molar-refractivity contribution in [3.63, 3.8) is 0 Å². The normalized spacial score (nSPS) is 18.6. The van der Waals surface area contributed by atoms with E-state index in [1.54, 1.807) is 11.3 Å². The van der Waals surface area contributed by atoms with Crippen LogP contribution in [-0.4, -0.2) is 27.4 Å². The molecule has 1 aliphatic rings. The maximum Gasteiger partial charge on any atom is 0.212 e. The van der Waals surface area contributed by atoms with Crippen LogP contribution in [0.5, 0.6) is 0 Å². The number of hydrogen-bond donors (Lipinski definition) is 1. The van der Waals surface area contributed by atoms with Gasteiger partial charge in [-0.05, 0) is 48.1 Å². The van der Waals surface area contributed by atoms with Crippen LogP contribution in [0.3, 0.4) is 0 Å². The van der Waals surface area contributed by atoms with Crippen LogP contribution in [-0.2, 0) is 14.8 Å². The zero-order valence-corrected chi connectivity index (χ0v) is 14.3.